The number of Topliss-reactive ketones (excluding diaryl/α,β-unsaturated/α-hetero) is 2. The van der Waals surface area contributed by atoms with Crippen LogP contribution in [0.1, 0.15) is 74.1 Å². The third-order valence-electron chi connectivity index (χ3n) is 7.91. The normalized spacial score (nSPS) is 13.2. The predicted octanol–water partition coefficient (Wildman–Crippen LogP) is 5.85. The number of carbonyl (C=O) groups is 5. The average molecular weight is 738 g/mol. The Kier molecular flexibility index (Phi) is 14.3. The molecule has 0 radical (unpaired) electrons. The molecule has 0 aliphatic rings. The van der Waals surface area contributed by atoms with Crippen LogP contribution in [-0.2, 0) is 30.3 Å². The van der Waals surface area contributed by atoms with E-state index in [0.29, 0.717) is 11.3 Å². The number of carbonyl (C=O) groups excluding carboxylic acids is 5. The van der Waals surface area contributed by atoms with Crippen molar-refractivity contribution in [3.8, 4) is 17.6 Å². The van der Waals surface area contributed by atoms with Gasteiger partial charge in [-0.2, -0.15) is 18.4 Å². The van der Waals surface area contributed by atoms with Crippen LogP contribution in [0.3, 0.4) is 0 Å². The first-order valence-corrected chi connectivity index (χ1v) is 16.6. The minimum Gasteiger partial charge on any atom is -0.497 e. The van der Waals surface area contributed by atoms with Gasteiger partial charge < -0.3 is 24.8 Å². The van der Waals surface area contributed by atoms with E-state index in [1.54, 1.807) is 39.0 Å². The van der Waals surface area contributed by atoms with E-state index in [4.69, 9.17) is 14.2 Å². The number of benzene rings is 3. The lowest BCUT2D eigenvalue weighted by Gasteiger charge is -2.26. The summed E-state index contributed by atoms with van der Waals surface area (Å²) in [6.45, 7) is 7.56. The molecule has 0 heterocycles. The van der Waals surface area contributed by atoms with Crippen LogP contribution in [0.4, 0.5) is 13.2 Å². The number of nitrogens with one attached hydrogen (secondary N) is 2. The maximum Gasteiger partial charge on any atom is 0.450 e. The third-order valence-corrected chi connectivity index (χ3v) is 7.91. The number of nitrogens with zero attached hydrogens (tertiary/aromatic N) is 1. The molecule has 0 aromatic heterocycles. The van der Waals surface area contributed by atoms with E-state index >= 15 is 0 Å². The van der Waals surface area contributed by atoms with Gasteiger partial charge in [-0.25, -0.2) is 4.79 Å². The number of methoxy groups -OCH3 is 1. The summed E-state index contributed by atoms with van der Waals surface area (Å²) in [4.78, 5) is 65.5. The van der Waals surface area contributed by atoms with Gasteiger partial charge in [0.25, 0.3) is 5.91 Å². The van der Waals surface area contributed by atoms with E-state index in [0.717, 1.165) is 0 Å². The smallest absolute Gasteiger partial charge is 0.450 e. The number of amides is 2. The van der Waals surface area contributed by atoms with E-state index in [2.05, 4.69) is 10.6 Å². The van der Waals surface area contributed by atoms with Crippen LogP contribution in [0, 0.1) is 23.2 Å². The number of hydrogen-bond donors (Lipinski definition) is 2. The van der Waals surface area contributed by atoms with Gasteiger partial charge in [-0.15, -0.1) is 0 Å². The minimum atomic E-state index is -5.18. The van der Waals surface area contributed by atoms with Crippen molar-refractivity contribution in [3.63, 3.8) is 0 Å². The second kappa shape index (κ2) is 18.2. The Hall–Kier alpha value is -5.71. The Balaban J connectivity index is 1.92. The fourth-order valence-electron chi connectivity index (χ4n) is 5.24. The molecule has 0 aliphatic heterocycles. The fourth-order valence-corrected chi connectivity index (χ4v) is 5.24. The summed E-state index contributed by atoms with van der Waals surface area (Å²) in [6, 6.07) is 17.0. The van der Waals surface area contributed by atoms with Crippen LogP contribution in [0.2, 0.25) is 0 Å². The topological polar surface area (TPSA) is 161 Å². The lowest BCUT2D eigenvalue weighted by molar-refractivity contribution is -0.177. The van der Waals surface area contributed by atoms with Crippen LogP contribution < -0.4 is 20.1 Å². The number of ketones is 2. The first-order valence-electron chi connectivity index (χ1n) is 16.6. The van der Waals surface area contributed by atoms with E-state index in [1.165, 1.54) is 75.6 Å². The Morgan fingerprint density at radius 2 is 1.49 bits per heavy atom. The molecule has 2 N–H and O–H groups in total. The van der Waals surface area contributed by atoms with Gasteiger partial charge in [0.05, 0.1) is 18.7 Å². The van der Waals surface area contributed by atoms with E-state index < -0.39 is 71.5 Å². The highest BCUT2D eigenvalue weighted by Crippen LogP contribution is 2.30. The second-order valence-electron chi connectivity index (χ2n) is 13.5. The molecule has 3 aromatic carbocycles. The van der Waals surface area contributed by atoms with Crippen molar-refractivity contribution >= 4 is 29.4 Å². The molecule has 3 rings (SSSR count). The Morgan fingerprint density at radius 1 is 0.868 bits per heavy atom. The summed E-state index contributed by atoms with van der Waals surface area (Å²) in [6.07, 6.45) is -6.14. The summed E-state index contributed by atoms with van der Waals surface area (Å²) in [5, 5.41) is 14.6. The van der Waals surface area contributed by atoms with Gasteiger partial charge in [0.15, 0.2) is 12.4 Å². The van der Waals surface area contributed by atoms with Crippen molar-refractivity contribution in [2.75, 3.05) is 13.7 Å². The summed E-state index contributed by atoms with van der Waals surface area (Å²) < 4.78 is 56.2. The predicted molar refractivity (Wildman–Crippen MR) is 187 cm³/mol. The van der Waals surface area contributed by atoms with Crippen LogP contribution in [0.25, 0.3) is 0 Å². The first kappa shape index (κ1) is 41.7. The van der Waals surface area contributed by atoms with E-state index in [1.807, 2.05) is 6.07 Å². The maximum atomic E-state index is 14.0. The van der Waals surface area contributed by atoms with Crippen LogP contribution in [0.15, 0.2) is 72.8 Å². The molecule has 3 atom stereocenters. The highest BCUT2D eigenvalue weighted by Gasteiger charge is 2.45. The highest BCUT2D eigenvalue weighted by atomic mass is 19.4. The molecule has 2 amide bonds. The van der Waals surface area contributed by atoms with Crippen LogP contribution in [0.5, 0.6) is 11.5 Å². The summed E-state index contributed by atoms with van der Waals surface area (Å²) in [7, 11) is 1.41. The van der Waals surface area contributed by atoms with Crippen molar-refractivity contribution in [1.29, 1.82) is 5.26 Å². The molecule has 0 fully saturated rings. The molecule has 11 nitrogen and oxygen atoms in total. The molecular weight excluding hydrogens is 695 g/mol. The van der Waals surface area contributed by atoms with Crippen molar-refractivity contribution < 1.29 is 51.4 Å². The minimum absolute atomic E-state index is 0.103. The fraction of sp³-hybridized carbons (Fsp3) is 0.385. The van der Waals surface area contributed by atoms with E-state index in [-0.39, 0.29) is 35.5 Å². The number of ether oxygens (including phenoxy) is 3. The average Bonchev–Trinajstić information content (AvgIpc) is 3.10. The van der Waals surface area contributed by atoms with E-state index in [9.17, 15) is 42.4 Å². The number of alkyl halides is 3. The Morgan fingerprint density at radius 3 is 2.04 bits per heavy atom. The molecule has 14 heteroatoms. The van der Waals surface area contributed by atoms with Gasteiger partial charge in [-0.3, -0.25) is 19.2 Å². The van der Waals surface area contributed by atoms with Crippen molar-refractivity contribution in [2.24, 2.45) is 11.8 Å². The standard InChI is InChI=1S/C39H42F3N3O8/c1-23(2)30(35(48)39(40,41)42)20-32(46)34(26-10-14-28(51-6)15-11-26)45-37(50)31(19-24-8-7-9-25(18-24)21-43)44-36(49)27-12-16-29(17-13-27)52-22-33(47)53-38(3,4)5/h7-18,23,30-31,34H,19-20,22H2,1-6H3,(H,44,49)(H,45,50)/t30-,31-,34-/m0/s1. The molecule has 282 valence electrons. The number of rotatable bonds is 16. The Labute approximate surface area is 305 Å². The van der Waals surface area contributed by atoms with Gasteiger partial charge in [-0.1, -0.05) is 38.1 Å². The van der Waals surface area contributed by atoms with Crippen LogP contribution in [-0.4, -0.2) is 60.9 Å². The molecule has 0 aliphatic carbocycles. The highest BCUT2D eigenvalue weighted by molar-refractivity contribution is 5.99. The number of esters is 1. The number of nitriles is 1. The lowest BCUT2D eigenvalue weighted by Crippen LogP contribution is -2.50. The molecule has 0 spiro atoms. The number of hydrogen-bond acceptors (Lipinski definition) is 9. The summed E-state index contributed by atoms with van der Waals surface area (Å²) in [5.41, 5.74) is 0.371. The van der Waals surface area contributed by atoms with Crippen LogP contribution >= 0.6 is 0 Å². The molecular formula is C39H42F3N3O8. The Bertz CT molecular complexity index is 1810. The van der Waals surface area contributed by atoms with Gasteiger partial charge in [0.2, 0.25) is 11.7 Å². The first-order chi connectivity index (χ1) is 24.8. The second-order valence-corrected chi connectivity index (χ2v) is 13.5. The largest absolute Gasteiger partial charge is 0.497 e. The zero-order valence-corrected chi connectivity index (χ0v) is 30.2. The lowest BCUT2D eigenvalue weighted by atomic mass is 9.84. The molecule has 0 bridgehead atoms. The monoisotopic (exact) mass is 737 g/mol. The maximum absolute atomic E-state index is 14.0. The van der Waals surface area contributed by atoms with Gasteiger partial charge >= 0.3 is 12.1 Å². The summed E-state index contributed by atoms with van der Waals surface area (Å²) in [5.74, 6) is -6.97. The SMILES string of the molecule is COc1ccc([C@H](NC(=O)[C@H](Cc2cccc(C#N)c2)NC(=O)c2ccc(OCC(=O)OC(C)(C)C)cc2)C(=O)C[C@H](C(=O)C(F)(F)F)C(C)C)cc1. The van der Waals surface area contributed by atoms with Gasteiger partial charge in [-0.05, 0) is 86.3 Å². The van der Waals surface area contributed by atoms with Crippen molar-refractivity contribution in [1.82, 2.24) is 10.6 Å². The van der Waals surface area contributed by atoms with Crippen molar-refractivity contribution in [2.45, 2.75) is 71.3 Å². The van der Waals surface area contributed by atoms with Gasteiger partial charge in [0.1, 0.15) is 29.2 Å². The molecule has 0 saturated carbocycles. The number of halogens is 3. The molecule has 0 saturated heterocycles. The van der Waals surface area contributed by atoms with Crippen molar-refractivity contribution in [3.05, 3.63) is 95.1 Å². The quantitative estimate of drug-likeness (QED) is 0.172. The third kappa shape index (κ3) is 12.8. The molecule has 3 aromatic rings. The molecule has 53 heavy (non-hydrogen) atoms. The zero-order chi connectivity index (χ0) is 39.5. The summed E-state index contributed by atoms with van der Waals surface area (Å²) >= 11 is 0. The zero-order valence-electron chi connectivity index (χ0n) is 30.2. The molecule has 0 unspecified atom stereocenters. The van der Waals surface area contributed by atoms with Gasteiger partial charge in [0, 0.05) is 24.3 Å².